The molecule has 0 aliphatic heterocycles. The average molecular weight is 540 g/mol. The number of carbonyl (C=O) groups is 1. The van der Waals surface area contributed by atoms with Gasteiger partial charge in [-0.15, -0.1) is 5.10 Å². The SMILES string of the molecule is COCC12CC[C@@](C)(O)C[C@@H]1CC[C@@H]1[C@@H]2CC[C@]2(C)[C@@H](C(=O)Cn3nc4ccc(OC)c(OC)c4n3)CC[C@@H]12. The Kier molecular flexibility index (Phi) is 6.73. The Labute approximate surface area is 231 Å². The lowest BCUT2D eigenvalue weighted by Crippen LogP contribution is -2.58. The van der Waals surface area contributed by atoms with Crippen molar-refractivity contribution in [2.45, 2.75) is 83.8 Å². The summed E-state index contributed by atoms with van der Waals surface area (Å²) in [6.07, 6.45) is 9.51. The normalized spacial score (nSPS) is 39.6. The fourth-order valence-corrected chi connectivity index (χ4v) is 9.97. The van der Waals surface area contributed by atoms with Crippen LogP contribution >= 0.6 is 0 Å². The fraction of sp³-hybridized carbons (Fsp3) is 0.774. The molecule has 1 unspecified atom stereocenters. The van der Waals surface area contributed by atoms with Gasteiger partial charge in [0.2, 0.25) is 0 Å². The maximum atomic E-state index is 13.8. The van der Waals surface area contributed by atoms with Gasteiger partial charge in [0.1, 0.15) is 12.1 Å². The zero-order chi connectivity index (χ0) is 27.6. The summed E-state index contributed by atoms with van der Waals surface area (Å²) < 4.78 is 16.8. The molecule has 1 aromatic carbocycles. The Balaban J connectivity index is 1.22. The molecular formula is C31H45N3O5. The first-order chi connectivity index (χ1) is 18.7. The molecule has 4 aliphatic rings. The van der Waals surface area contributed by atoms with Crippen LogP contribution in [0.1, 0.15) is 71.6 Å². The standard InChI is InChI=1S/C31H45N3O5/c1-29(36)14-15-31(18-37-3)19(16-29)6-7-20-21-8-9-23(30(21,2)13-12-22(20)31)25(35)17-34-32-24-10-11-26(38-4)28(39-5)27(24)33-34/h10-11,19-23,36H,6-9,12-18H2,1-5H3/t19-,20-,21-,22-,23+,29+,30-,31?/m0/s1. The third-order valence-electron chi connectivity index (χ3n) is 11.7. The molecule has 0 bridgehead atoms. The molecular weight excluding hydrogens is 494 g/mol. The van der Waals surface area contributed by atoms with Crippen molar-refractivity contribution in [1.29, 1.82) is 0 Å². The number of ketones is 1. The van der Waals surface area contributed by atoms with Crippen molar-refractivity contribution in [2.75, 3.05) is 27.9 Å². The zero-order valence-corrected chi connectivity index (χ0v) is 24.2. The van der Waals surface area contributed by atoms with Gasteiger partial charge in [0, 0.05) is 13.0 Å². The highest BCUT2D eigenvalue weighted by atomic mass is 16.5. The largest absolute Gasteiger partial charge is 0.493 e. The first-order valence-corrected chi connectivity index (χ1v) is 14.9. The van der Waals surface area contributed by atoms with E-state index in [1.807, 2.05) is 26.2 Å². The molecule has 4 fully saturated rings. The van der Waals surface area contributed by atoms with Crippen LogP contribution in [0.4, 0.5) is 0 Å². The first kappa shape index (κ1) is 27.0. The van der Waals surface area contributed by atoms with Gasteiger partial charge in [-0.05, 0) is 111 Å². The van der Waals surface area contributed by atoms with Gasteiger partial charge < -0.3 is 19.3 Å². The molecule has 8 atom stereocenters. The number of ether oxygens (including phenoxy) is 3. The molecule has 2 aromatic rings. The molecule has 1 aromatic heterocycles. The van der Waals surface area contributed by atoms with E-state index in [9.17, 15) is 9.90 Å². The van der Waals surface area contributed by atoms with Crippen molar-refractivity contribution in [3.8, 4) is 11.5 Å². The summed E-state index contributed by atoms with van der Waals surface area (Å²) in [5.74, 6) is 3.80. The molecule has 4 aliphatic carbocycles. The quantitative estimate of drug-likeness (QED) is 0.526. The Morgan fingerprint density at radius 3 is 2.56 bits per heavy atom. The van der Waals surface area contributed by atoms with Crippen molar-refractivity contribution in [1.82, 2.24) is 15.0 Å². The molecule has 0 radical (unpaired) electrons. The molecule has 1 heterocycles. The predicted molar refractivity (Wildman–Crippen MR) is 148 cm³/mol. The van der Waals surface area contributed by atoms with E-state index >= 15 is 0 Å². The Morgan fingerprint density at radius 1 is 1.00 bits per heavy atom. The number of aliphatic hydroxyl groups is 1. The van der Waals surface area contributed by atoms with E-state index < -0.39 is 5.60 Å². The van der Waals surface area contributed by atoms with Crippen LogP contribution < -0.4 is 9.47 Å². The minimum Gasteiger partial charge on any atom is -0.493 e. The van der Waals surface area contributed by atoms with Gasteiger partial charge in [-0.2, -0.15) is 9.90 Å². The van der Waals surface area contributed by atoms with Crippen LogP contribution in [-0.2, 0) is 16.1 Å². The van der Waals surface area contributed by atoms with E-state index in [-0.39, 0.29) is 29.1 Å². The lowest BCUT2D eigenvalue weighted by atomic mass is 9.43. The Morgan fingerprint density at radius 2 is 1.82 bits per heavy atom. The van der Waals surface area contributed by atoms with Crippen LogP contribution in [0, 0.1) is 40.4 Å². The summed E-state index contributed by atoms with van der Waals surface area (Å²) in [4.78, 5) is 15.4. The van der Waals surface area contributed by atoms with Crippen LogP contribution in [0.15, 0.2) is 12.1 Å². The lowest BCUT2D eigenvalue weighted by molar-refractivity contribution is -0.175. The van der Waals surface area contributed by atoms with E-state index in [0.29, 0.717) is 46.2 Å². The molecule has 0 saturated heterocycles. The molecule has 6 rings (SSSR count). The highest BCUT2D eigenvalue weighted by Crippen LogP contribution is 2.68. The minimum absolute atomic E-state index is 0.0208. The second kappa shape index (κ2) is 9.72. The number of benzene rings is 1. The molecule has 39 heavy (non-hydrogen) atoms. The van der Waals surface area contributed by atoms with Crippen LogP contribution in [0.2, 0.25) is 0 Å². The van der Waals surface area contributed by atoms with Gasteiger partial charge in [0.25, 0.3) is 0 Å². The van der Waals surface area contributed by atoms with E-state index in [4.69, 9.17) is 14.2 Å². The molecule has 0 amide bonds. The number of nitrogens with zero attached hydrogens (tertiary/aromatic N) is 3. The van der Waals surface area contributed by atoms with E-state index in [2.05, 4.69) is 17.1 Å². The zero-order valence-electron chi connectivity index (χ0n) is 24.2. The van der Waals surface area contributed by atoms with Crippen LogP contribution in [0.5, 0.6) is 11.5 Å². The summed E-state index contributed by atoms with van der Waals surface area (Å²) in [6, 6.07) is 3.68. The van der Waals surface area contributed by atoms with Crippen molar-refractivity contribution in [3.05, 3.63) is 12.1 Å². The number of Topliss-reactive ketones (excluding diaryl/α,β-unsaturated/α-hetero) is 1. The number of hydrogen-bond donors (Lipinski definition) is 1. The van der Waals surface area contributed by atoms with E-state index in [1.165, 1.54) is 12.8 Å². The Bertz CT molecular complexity index is 1240. The molecule has 4 saturated carbocycles. The van der Waals surface area contributed by atoms with Gasteiger partial charge in [-0.1, -0.05) is 6.92 Å². The number of fused-ring (bicyclic) bond motifs is 6. The third-order valence-corrected chi connectivity index (χ3v) is 11.7. The second-order valence-electron chi connectivity index (χ2n) is 13.6. The van der Waals surface area contributed by atoms with Crippen LogP contribution in [-0.4, -0.2) is 59.4 Å². The number of carbonyl (C=O) groups excluding carboxylic acids is 1. The second-order valence-corrected chi connectivity index (χ2v) is 13.6. The fourth-order valence-electron chi connectivity index (χ4n) is 9.97. The smallest absolute Gasteiger partial charge is 0.190 e. The van der Waals surface area contributed by atoms with Crippen LogP contribution in [0.25, 0.3) is 11.0 Å². The minimum atomic E-state index is -0.552. The molecule has 214 valence electrons. The average Bonchev–Trinajstić information content (AvgIpc) is 3.48. The highest BCUT2D eigenvalue weighted by Gasteiger charge is 2.63. The monoisotopic (exact) mass is 539 g/mol. The summed E-state index contributed by atoms with van der Waals surface area (Å²) >= 11 is 0. The number of hydrogen-bond acceptors (Lipinski definition) is 7. The lowest BCUT2D eigenvalue weighted by Gasteiger charge is -2.62. The van der Waals surface area contributed by atoms with Crippen molar-refractivity contribution >= 4 is 16.8 Å². The molecule has 1 N–H and O–H groups in total. The van der Waals surface area contributed by atoms with Gasteiger partial charge in [-0.3, -0.25) is 4.79 Å². The summed E-state index contributed by atoms with van der Waals surface area (Å²) in [5.41, 5.74) is 0.953. The predicted octanol–water partition coefficient (Wildman–Crippen LogP) is 5.05. The summed E-state index contributed by atoms with van der Waals surface area (Å²) in [5, 5.41) is 20.1. The number of methoxy groups -OCH3 is 3. The summed E-state index contributed by atoms with van der Waals surface area (Å²) in [7, 11) is 5.04. The van der Waals surface area contributed by atoms with Crippen LogP contribution in [0.3, 0.4) is 0 Å². The molecule has 8 heteroatoms. The third kappa shape index (κ3) is 4.19. The maximum Gasteiger partial charge on any atom is 0.190 e. The van der Waals surface area contributed by atoms with Crippen molar-refractivity contribution in [3.63, 3.8) is 0 Å². The maximum absolute atomic E-state index is 13.8. The van der Waals surface area contributed by atoms with Gasteiger partial charge in [-0.25, -0.2) is 0 Å². The van der Waals surface area contributed by atoms with Gasteiger partial charge in [0.15, 0.2) is 22.8 Å². The summed E-state index contributed by atoms with van der Waals surface area (Å²) in [6.45, 7) is 5.40. The van der Waals surface area contributed by atoms with E-state index in [1.54, 1.807) is 19.0 Å². The van der Waals surface area contributed by atoms with Crippen molar-refractivity contribution in [2.24, 2.45) is 40.4 Å². The molecule has 8 nitrogen and oxygen atoms in total. The number of aromatic nitrogens is 3. The van der Waals surface area contributed by atoms with Gasteiger partial charge >= 0.3 is 0 Å². The first-order valence-electron chi connectivity index (χ1n) is 14.9. The Hall–Kier alpha value is -2.19. The van der Waals surface area contributed by atoms with Crippen molar-refractivity contribution < 1.29 is 24.1 Å². The topological polar surface area (TPSA) is 95.7 Å². The molecule has 0 spiro atoms. The van der Waals surface area contributed by atoms with Gasteiger partial charge in [0.05, 0.1) is 26.4 Å². The number of rotatable bonds is 7. The van der Waals surface area contributed by atoms with E-state index in [0.717, 1.165) is 51.6 Å². The highest BCUT2D eigenvalue weighted by molar-refractivity contribution is 5.85.